The van der Waals surface area contributed by atoms with Gasteiger partial charge in [0.2, 0.25) is 5.16 Å². The molecule has 1 aromatic rings. The molecule has 1 aromatic heterocycles. The zero-order chi connectivity index (χ0) is 12.6. The van der Waals surface area contributed by atoms with E-state index in [2.05, 4.69) is 32.7 Å². The Balaban J connectivity index is 1.69. The summed E-state index contributed by atoms with van der Waals surface area (Å²) in [5, 5.41) is 16.1. The van der Waals surface area contributed by atoms with Crippen LogP contribution in [-0.4, -0.2) is 63.6 Å². The van der Waals surface area contributed by atoms with Gasteiger partial charge < -0.3 is 10.2 Å². The Morgan fingerprint density at radius 2 is 2.11 bits per heavy atom. The minimum atomic E-state index is 0.840. The number of tetrazole rings is 1. The molecule has 2 heterocycles. The third-order valence-corrected chi connectivity index (χ3v) is 4.02. The first-order valence-corrected chi connectivity index (χ1v) is 7.70. The van der Waals surface area contributed by atoms with Crippen LogP contribution in [0, 0.1) is 0 Å². The normalized spacial score (nSPS) is 16.5. The molecule has 1 saturated heterocycles. The second-order valence-electron chi connectivity index (χ2n) is 4.44. The van der Waals surface area contributed by atoms with Crippen molar-refractivity contribution in [2.45, 2.75) is 31.5 Å². The lowest BCUT2D eigenvalue weighted by atomic mass is 10.4. The van der Waals surface area contributed by atoms with Gasteiger partial charge in [0, 0.05) is 18.8 Å². The molecule has 2 rings (SSSR count). The Hall–Kier alpha value is -0.660. The molecule has 1 aliphatic heterocycles. The van der Waals surface area contributed by atoms with Crippen molar-refractivity contribution in [1.29, 1.82) is 0 Å². The van der Waals surface area contributed by atoms with Gasteiger partial charge in [-0.15, -0.1) is 5.10 Å². The van der Waals surface area contributed by atoms with Gasteiger partial charge in [0.25, 0.3) is 0 Å². The Morgan fingerprint density at radius 3 is 2.89 bits per heavy atom. The van der Waals surface area contributed by atoms with Crippen LogP contribution in [0.4, 0.5) is 0 Å². The number of hydrogen-bond donors (Lipinski definition) is 1. The highest BCUT2D eigenvalue weighted by Crippen LogP contribution is 2.15. The van der Waals surface area contributed by atoms with Crippen molar-refractivity contribution in [3.05, 3.63) is 0 Å². The van der Waals surface area contributed by atoms with Crippen molar-refractivity contribution >= 4 is 11.8 Å². The van der Waals surface area contributed by atoms with Gasteiger partial charge in [-0.2, -0.15) is 0 Å². The third kappa shape index (κ3) is 4.22. The van der Waals surface area contributed by atoms with Crippen molar-refractivity contribution in [3.63, 3.8) is 0 Å². The Morgan fingerprint density at radius 1 is 1.28 bits per heavy atom. The summed E-state index contributed by atoms with van der Waals surface area (Å²) in [5.41, 5.74) is 0. The van der Waals surface area contributed by atoms with Gasteiger partial charge in [-0.1, -0.05) is 18.7 Å². The van der Waals surface area contributed by atoms with Crippen molar-refractivity contribution in [2.24, 2.45) is 0 Å². The molecule has 0 radical (unpaired) electrons. The predicted molar refractivity (Wildman–Crippen MR) is 72.8 cm³/mol. The highest BCUT2D eigenvalue weighted by atomic mass is 32.2. The molecule has 7 heteroatoms. The summed E-state index contributed by atoms with van der Waals surface area (Å²) in [6.45, 7) is 8.50. The summed E-state index contributed by atoms with van der Waals surface area (Å²) < 4.78 is 1.89. The molecule has 6 nitrogen and oxygen atoms in total. The van der Waals surface area contributed by atoms with E-state index in [1.165, 1.54) is 25.9 Å². The summed E-state index contributed by atoms with van der Waals surface area (Å²) in [6.07, 6.45) is 2.70. The van der Waals surface area contributed by atoms with Crippen LogP contribution in [0.15, 0.2) is 5.16 Å². The van der Waals surface area contributed by atoms with Crippen molar-refractivity contribution in [2.75, 3.05) is 38.5 Å². The molecule has 18 heavy (non-hydrogen) atoms. The number of hydrogen-bond acceptors (Lipinski definition) is 6. The Labute approximate surface area is 112 Å². The number of likely N-dealkylation sites (N-methyl/N-ethyl adjacent to an activating group) is 1. The lowest BCUT2D eigenvalue weighted by Gasteiger charge is -2.13. The molecule has 1 aliphatic rings. The van der Waals surface area contributed by atoms with Crippen LogP contribution in [0.3, 0.4) is 0 Å². The van der Waals surface area contributed by atoms with Crippen LogP contribution in [0.2, 0.25) is 0 Å². The lowest BCUT2D eigenvalue weighted by Crippen LogP contribution is -2.22. The number of rotatable bonds is 8. The maximum absolute atomic E-state index is 4.08. The number of likely N-dealkylation sites (tertiary alicyclic amines) is 1. The van der Waals surface area contributed by atoms with Crippen LogP contribution < -0.4 is 5.32 Å². The highest BCUT2D eigenvalue weighted by Gasteiger charge is 2.12. The van der Waals surface area contributed by atoms with E-state index in [1.807, 2.05) is 4.68 Å². The fourth-order valence-electron chi connectivity index (χ4n) is 2.07. The quantitative estimate of drug-likeness (QED) is 0.547. The van der Waals surface area contributed by atoms with Gasteiger partial charge in [-0.25, -0.2) is 4.68 Å². The van der Waals surface area contributed by atoms with Gasteiger partial charge in [-0.3, -0.25) is 0 Å². The van der Waals surface area contributed by atoms with Crippen LogP contribution in [-0.2, 0) is 6.54 Å². The minimum Gasteiger partial charge on any atom is -0.315 e. The van der Waals surface area contributed by atoms with E-state index in [-0.39, 0.29) is 0 Å². The summed E-state index contributed by atoms with van der Waals surface area (Å²) >= 11 is 1.76. The monoisotopic (exact) mass is 270 g/mol. The molecule has 0 aliphatic carbocycles. The summed E-state index contributed by atoms with van der Waals surface area (Å²) in [5.74, 6) is 1.07. The number of nitrogens with zero attached hydrogens (tertiary/aromatic N) is 5. The summed E-state index contributed by atoms with van der Waals surface area (Å²) in [6, 6.07) is 0. The Kier molecular flexibility index (Phi) is 5.89. The van der Waals surface area contributed by atoms with Gasteiger partial charge in [-0.05, 0) is 42.9 Å². The van der Waals surface area contributed by atoms with E-state index in [0.29, 0.717) is 0 Å². The van der Waals surface area contributed by atoms with Gasteiger partial charge in [0.05, 0.1) is 6.54 Å². The summed E-state index contributed by atoms with van der Waals surface area (Å²) in [7, 11) is 0. The molecule has 0 atom stereocenters. The Bertz CT molecular complexity index is 336. The van der Waals surface area contributed by atoms with Crippen LogP contribution in [0.25, 0.3) is 0 Å². The maximum Gasteiger partial charge on any atom is 0.209 e. The summed E-state index contributed by atoms with van der Waals surface area (Å²) in [4.78, 5) is 2.51. The minimum absolute atomic E-state index is 0.840. The molecular weight excluding hydrogens is 248 g/mol. The lowest BCUT2D eigenvalue weighted by molar-refractivity contribution is 0.361. The third-order valence-electron chi connectivity index (χ3n) is 3.09. The standard InChI is InChI=1S/C11H22N6S/c1-2-12-5-8-17-11(13-14-15-17)18-10-9-16-6-3-4-7-16/h12H,2-10H2,1H3. The topological polar surface area (TPSA) is 58.9 Å². The average molecular weight is 270 g/mol. The molecule has 0 spiro atoms. The van der Waals surface area contributed by atoms with Crippen molar-refractivity contribution in [3.8, 4) is 0 Å². The van der Waals surface area contributed by atoms with E-state index in [1.54, 1.807) is 11.8 Å². The fraction of sp³-hybridized carbons (Fsp3) is 0.909. The van der Waals surface area contributed by atoms with Crippen LogP contribution >= 0.6 is 11.8 Å². The molecule has 1 fully saturated rings. The maximum atomic E-state index is 4.08. The van der Waals surface area contributed by atoms with E-state index >= 15 is 0 Å². The molecule has 0 bridgehead atoms. The molecule has 0 aromatic carbocycles. The van der Waals surface area contributed by atoms with E-state index in [0.717, 1.165) is 37.1 Å². The number of nitrogens with one attached hydrogen (secondary N) is 1. The van der Waals surface area contributed by atoms with E-state index in [4.69, 9.17) is 0 Å². The molecule has 0 saturated carbocycles. The second kappa shape index (κ2) is 7.70. The molecule has 0 unspecified atom stereocenters. The molecule has 1 N–H and O–H groups in total. The molecular formula is C11H22N6S. The average Bonchev–Trinajstić information content (AvgIpc) is 3.02. The largest absolute Gasteiger partial charge is 0.315 e. The SMILES string of the molecule is CCNCCn1nnnc1SCCN1CCCC1. The van der Waals surface area contributed by atoms with Crippen LogP contribution in [0.5, 0.6) is 0 Å². The first-order valence-electron chi connectivity index (χ1n) is 6.72. The second-order valence-corrected chi connectivity index (χ2v) is 5.50. The smallest absolute Gasteiger partial charge is 0.209 e. The first kappa shape index (κ1) is 13.8. The zero-order valence-corrected chi connectivity index (χ0v) is 11.8. The van der Waals surface area contributed by atoms with Gasteiger partial charge in [0.15, 0.2) is 0 Å². The van der Waals surface area contributed by atoms with Crippen LogP contribution in [0.1, 0.15) is 19.8 Å². The van der Waals surface area contributed by atoms with E-state index in [9.17, 15) is 0 Å². The van der Waals surface area contributed by atoms with E-state index < -0.39 is 0 Å². The van der Waals surface area contributed by atoms with Gasteiger partial charge >= 0.3 is 0 Å². The fourth-order valence-corrected chi connectivity index (χ4v) is 2.98. The highest BCUT2D eigenvalue weighted by molar-refractivity contribution is 7.99. The molecule has 0 amide bonds. The van der Waals surface area contributed by atoms with Crippen molar-refractivity contribution < 1.29 is 0 Å². The first-order chi connectivity index (χ1) is 8.90. The zero-order valence-electron chi connectivity index (χ0n) is 11.0. The number of aromatic nitrogens is 4. The van der Waals surface area contributed by atoms with Gasteiger partial charge in [0.1, 0.15) is 0 Å². The van der Waals surface area contributed by atoms with Crippen molar-refractivity contribution in [1.82, 2.24) is 30.4 Å². The molecule has 102 valence electrons. The number of thioether (sulfide) groups is 1. The predicted octanol–water partition coefficient (Wildman–Crippen LogP) is 0.470.